The molecule has 0 saturated carbocycles. The fraction of sp³-hybridized carbons (Fsp3) is 0.462. The van der Waals surface area contributed by atoms with E-state index in [1.165, 1.54) is 0 Å². The maximum absolute atomic E-state index is 11.8. The van der Waals surface area contributed by atoms with E-state index in [0.29, 0.717) is 17.1 Å². The zero-order valence-corrected chi connectivity index (χ0v) is 12.4. The Labute approximate surface area is 121 Å². The van der Waals surface area contributed by atoms with Gasteiger partial charge in [-0.15, -0.1) is 0 Å². The third-order valence-corrected chi connectivity index (χ3v) is 3.35. The number of hydrogen-bond donors (Lipinski definition) is 2. The fourth-order valence-electron chi connectivity index (χ4n) is 1.56. The first-order valence-corrected chi connectivity index (χ1v) is 7.16. The fourth-order valence-corrected chi connectivity index (χ4v) is 2.32. The van der Waals surface area contributed by atoms with Crippen LogP contribution in [0.4, 0.5) is 0 Å². The summed E-state index contributed by atoms with van der Waals surface area (Å²) in [4.78, 5) is 11.8. The SMILES string of the molecule is O=C(NCCCCCCO)c1ccc(Br)cc1Cl. The van der Waals surface area contributed by atoms with Gasteiger partial charge >= 0.3 is 0 Å². The number of benzene rings is 1. The molecule has 1 rings (SSSR count). The number of aliphatic hydroxyl groups is 1. The first kappa shape index (κ1) is 15.5. The molecule has 0 aromatic heterocycles. The molecule has 0 saturated heterocycles. The lowest BCUT2D eigenvalue weighted by molar-refractivity contribution is 0.0953. The van der Waals surface area contributed by atoms with E-state index in [-0.39, 0.29) is 12.5 Å². The number of halogens is 2. The maximum atomic E-state index is 11.8. The van der Waals surface area contributed by atoms with E-state index in [9.17, 15) is 4.79 Å². The average Bonchev–Trinajstić information content (AvgIpc) is 2.33. The van der Waals surface area contributed by atoms with Crippen molar-refractivity contribution in [2.75, 3.05) is 13.2 Å². The Bertz CT molecular complexity index is 399. The Kier molecular flexibility index (Phi) is 7.32. The quantitative estimate of drug-likeness (QED) is 0.751. The van der Waals surface area contributed by atoms with Crippen LogP contribution in [-0.2, 0) is 0 Å². The molecule has 0 fully saturated rings. The second-order valence-corrected chi connectivity index (χ2v) is 5.34. The summed E-state index contributed by atoms with van der Waals surface area (Å²) in [7, 11) is 0. The van der Waals surface area contributed by atoms with E-state index in [0.717, 1.165) is 30.2 Å². The molecule has 1 aromatic rings. The molecular formula is C13H17BrClNO2. The van der Waals surface area contributed by atoms with Crippen LogP contribution in [0.15, 0.2) is 22.7 Å². The van der Waals surface area contributed by atoms with Crippen LogP contribution in [0.1, 0.15) is 36.0 Å². The molecule has 5 heteroatoms. The highest BCUT2D eigenvalue weighted by Crippen LogP contribution is 2.21. The highest BCUT2D eigenvalue weighted by Gasteiger charge is 2.09. The van der Waals surface area contributed by atoms with Crippen LogP contribution in [0.5, 0.6) is 0 Å². The van der Waals surface area contributed by atoms with Crippen molar-refractivity contribution in [3.63, 3.8) is 0 Å². The molecule has 0 spiro atoms. The zero-order valence-electron chi connectivity index (χ0n) is 10.1. The molecule has 0 aliphatic rings. The van der Waals surface area contributed by atoms with Crippen molar-refractivity contribution in [3.8, 4) is 0 Å². The van der Waals surface area contributed by atoms with E-state index in [1.54, 1.807) is 18.2 Å². The van der Waals surface area contributed by atoms with Crippen molar-refractivity contribution in [2.24, 2.45) is 0 Å². The number of carbonyl (C=O) groups excluding carboxylic acids is 1. The number of amides is 1. The van der Waals surface area contributed by atoms with Gasteiger partial charge in [-0.25, -0.2) is 0 Å². The smallest absolute Gasteiger partial charge is 0.252 e. The van der Waals surface area contributed by atoms with Gasteiger partial charge in [0.2, 0.25) is 0 Å². The van der Waals surface area contributed by atoms with Crippen LogP contribution in [0, 0.1) is 0 Å². The number of unbranched alkanes of at least 4 members (excludes halogenated alkanes) is 3. The maximum Gasteiger partial charge on any atom is 0.252 e. The number of rotatable bonds is 7. The lowest BCUT2D eigenvalue weighted by Crippen LogP contribution is -2.24. The summed E-state index contributed by atoms with van der Waals surface area (Å²) in [6, 6.07) is 5.20. The van der Waals surface area contributed by atoms with E-state index < -0.39 is 0 Å². The van der Waals surface area contributed by atoms with E-state index in [1.807, 2.05) is 0 Å². The van der Waals surface area contributed by atoms with Crippen LogP contribution in [-0.4, -0.2) is 24.2 Å². The van der Waals surface area contributed by atoms with Crippen molar-refractivity contribution in [2.45, 2.75) is 25.7 Å². The Hall–Kier alpha value is -0.580. The topological polar surface area (TPSA) is 49.3 Å². The van der Waals surface area contributed by atoms with Crippen LogP contribution in [0.3, 0.4) is 0 Å². The Morgan fingerprint density at radius 1 is 1.28 bits per heavy atom. The van der Waals surface area contributed by atoms with Crippen LogP contribution >= 0.6 is 27.5 Å². The third kappa shape index (κ3) is 5.38. The van der Waals surface area contributed by atoms with Crippen molar-refractivity contribution in [1.82, 2.24) is 5.32 Å². The van der Waals surface area contributed by atoms with E-state index in [4.69, 9.17) is 16.7 Å². The van der Waals surface area contributed by atoms with E-state index >= 15 is 0 Å². The van der Waals surface area contributed by atoms with Gasteiger partial charge < -0.3 is 10.4 Å². The Balaban J connectivity index is 2.32. The van der Waals surface area contributed by atoms with Crippen LogP contribution in [0.2, 0.25) is 5.02 Å². The molecule has 0 unspecified atom stereocenters. The summed E-state index contributed by atoms with van der Waals surface area (Å²) in [6.45, 7) is 0.873. The molecule has 100 valence electrons. The number of hydrogen-bond acceptors (Lipinski definition) is 2. The van der Waals surface area contributed by atoms with Gasteiger partial charge in [-0.05, 0) is 31.0 Å². The van der Waals surface area contributed by atoms with Gasteiger partial charge in [0.1, 0.15) is 0 Å². The second kappa shape index (κ2) is 8.51. The largest absolute Gasteiger partial charge is 0.396 e. The summed E-state index contributed by atoms with van der Waals surface area (Å²) in [5, 5.41) is 11.9. The lowest BCUT2D eigenvalue weighted by Gasteiger charge is -2.07. The number of aliphatic hydroxyl groups excluding tert-OH is 1. The van der Waals surface area contributed by atoms with Gasteiger partial charge in [-0.1, -0.05) is 40.4 Å². The predicted octanol–water partition coefficient (Wildman–Crippen LogP) is 3.39. The Morgan fingerprint density at radius 2 is 2.00 bits per heavy atom. The molecule has 0 aliphatic heterocycles. The van der Waals surface area contributed by atoms with E-state index in [2.05, 4.69) is 21.2 Å². The highest BCUT2D eigenvalue weighted by molar-refractivity contribution is 9.10. The molecule has 1 aromatic carbocycles. The minimum atomic E-state index is -0.144. The van der Waals surface area contributed by atoms with Crippen molar-refractivity contribution in [3.05, 3.63) is 33.3 Å². The molecule has 0 bridgehead atoms. The first-order valence-electron chi connectivity index (χ1n) is 5.99. The lowest BCUT2D eigenvalue weighted by atomic mass is 10.2. The first-order chi connectivity index (χ1) is 8.65. The second-order valence-electron chi connectivity index (χ2n) is 4.02. The van der Waals surface area contributed by atoms with Gasteiger partial charge in [0.05, 0.1) is 10.6 Å². The van der Waals surface area contributed by atoms with Crippen molar-refractivity contribution >= 4 is 33.4 Å². The molecule has 18 heavy (non-hydrogen) atoms. The predicted molar refractivity (Wildman–Crippen MR) is 77.0 cm³/mol. The average molecular weight is 335 g/mol. The summed E-state index contributed by atoms with van der Waals surface area (Å²) >= 11 is 9.28. The van der Waals surface area contributed by atoms with Gasteiger partial charge in [-0.3, -0.25) is 4.79 Å². The van der Waals surface area contributed by atoms with Gasteiger partial charge in [0.15, 0.2) is 0 Å². The van der Waals surface area contributed by atoms with Crippen LogP contribution in [0.25, 0.3) is 0 Å². The highest BCUT2D eigenvalue weighted by atomic mass is 79.9. The normalized spacial score (nSPS) is 10.4. The van der Waals surface area contributed by atoms with Gasteiger partial charge in [-0.2, -0.15) is 0 Å². The monoisotopic (exact) mass is 333 g/mol. The van der Waals surface area contributed by atoms with Crippen molar-refractivity contribution < 1.29 is 9.90 Å². The summed E-state index contributed by atoms with van der Waals surface area (Å²) in [5.41, 5.74) is 0.496. The van der Waals surface area contributed by atoms with Crippen LogP contribution < -0.4 is 5.32 Å². The molecule has 2 N–H and O–H groups in total. The summed E-state index contributed by atoms with van der Waals surface area (Å²) in [5.74, 6) is -0.144. The van der Waals surface area contributed by atoms with Crippen molar-refractivity contribution in [1.29, 1.82) is 0 Å². The molecular weight excluding hydrogens is 318 g/mol. The molecule has 0 aliphatic carbocycles. The molecule has 3 nitrogen and oxygen atoms in total. The molecule has 0 atom stereocenters. The molecule has 1 amide bonds. The minimum Gasteiger partial charge on any atom is -0.396 e. The number of carbonyl (C=O) groups is 1. The molecule has 0 heterocycles. The third-order valence-electron chi connectivity index (χ3n) is 2.55. The van der Waals surface area contributed by atoms with Gasteiger partial charge in [0, 0.05) is 17.6 Å². The summed E-state index contributed by atoms with van der Waals surface area (Å²) in [6.07, 6.45) is 3.74. The zero-order chi connectivity index (χ0) is 13.4. The number of nitrogens with one attached hydrogen (secondary N) is 1. The van der Waals surface area contributed by atoms with Gasteiger partial charge in [0.25, 0.3) is 5.91 Å². The summed E-state index contributed by atoms with van der Waals surface area (Å²) < 4.78 is 0.855. The molecule has 0 radical (unpaired) electrons. The Morgan fingerprint density at radius 3 is 2.67 bits per heavy atom. The standard InChI is InChI=1S/C13H17BrClNO2/c14-10-5-6-11(12(15)9-10)13(18)16-7-3-1-2-4-8-17/h5-6,9,17H,1-4,7-8H2,(H,16,18). The minimum absolute atomic E-state index is 0.144.